The first-order valence-corrected chi connectivity index (χ1v) is 4.57. The van der Waals surface area contributed by atoms with E-state index in [-0.39, 0.29) is 0 Å². The Hall–Kier alpha value is -1.63. The molecule has 0 unspecified atom stereocenters. The molecule has 0 radical (unpaired) electrons. The summed E-state index contributed by atoms with van der Waals surface area (Å²) in [5.74, 6) is 0. The summed E-state index contributed by atoms with van der Waals surface area (Å²) < 4.78 is 0. The zero-order valence-electron chi connectivity index (χ0n) is 8.36. The van der Waals surface area contributed by atoms with Crippen LogP contribution in [0.4, 0.5) is 0 Å². The predicted octanol–water partition coefficient (Wildman–Crippen LogP) is 3.24. The van der Waals surface area contributed by atoms with Crippen LogP contribution in [0.25, 0.3) is 6.08 Å². The standard InChI is InChI=1S/C13H14O/c1-11(2)8-13(10-14)9-12-6-4-3-5-7-12/h3-7,9-10H,1,8H2,2H3/b13-9-. The summed E-state index contributed by atoms with van der Waals surface area (Å²) in [5.41, 5.74) is 2.82. The second kappa shape index (κ2) is 5.18. The maximum atomic E-state index is 10.7. The van der Waals surface area contributed by atoms with Crippen LogP contribution in [-0.2, 0) is 4.79 Å². The molecule has 0 atom stereocenters. The third kappa shape index (κ3) is 3.40. The summed E-state index contributed by atoms with van der Waals surface area (Å²) in [4.78, 5) is 10.7. The van der Waals surface area contributed by atoms with Crippen molar-refractivity contribution in [2.45, 2.75) is 13.3 Å². The summed E-state index contributed by atoms with van der Waals surface area (Å²) in [6.07, 6.45) is 3.43. The van der Waals surface area contributed by atoms with Crippen molar-refractivity contribution in [2.24, 2.45) is 0 Å². The van der Waals surface area contributed by atoms with Gasteiger partial charge in [0.1, 0.15) is 6.29 Å². The van der Waals surface area contributed by atoms with Gasteiger partial charge in [-0.05, 0) is 30.6 Å². The van der Waals surface area contributed by atoms with Crippen molar-refractivity contribution in [1.29, 1.82) is 0 Å². The molecule has 0 bridgehead atoms. The molecule has 0 saturated heterocycles. The minimum Gasteiger partial charge on any atom is -0.298 e. The van der Waals surface area contributed by atoms with Crippen LogP contribution < -0.4 is 0 Å². The number of carbonyl (C=O) groups is 1. The molecular weight excluding hydrogens is 172 g/mol. The average molecular weight is 186 g/mol. The highest BCUT2D eigenvalue weighted by Gasteiger charge is 1.96. The van der Waals surface area contributed by atoms with Crippen molar-refractivity contribution in [3.8, 4) is 0 Å². The molecule has 0 fully saturated rings. The molecule has 0 amide bonds. The van der Waals surface area contributed by atoms with Gasteiger partial charge >= 0.3 is 0 Å². The first kappa shape index (κ1) is 10.5. The number of carbonyl (C=O) groups excluding carboxylic acids is 1. The normalized spacial score (nSPS) is 11.1. The molecule has 1 aromatic rings. The summed E-state index contributed by atoms with van der Waals surface area (Å²) in [6, 6.07) is 9.81. The van der Waals surface area contributed by atoms with E-state index in [9.17, 15) is 4.79 Å². The van der Waals surface area contributed by atoms with Gasteiger partial charge in [0.2, 0.25) is 0 Å². The Labute approximate surface area is 84.8 Å². The fraction of sp³-hybridized carbons (Fsp3) is 0.154. The Bertz CT molecular complexity index is 347. The zero-order valence-corrected chi connectivity index (χ0v) is 8.36. The van der Waals surface area contributed by atoms with Crippen molar-refractivity contribution in [2.75, 3.05) is 0 Å². The Morgan fingerprint density at radius 3 is 2.50 bits per heavy atom. The molecule has 0 aliphatic carbocycles. The molecule has 0 heterocycles. The van der Waals surface area contributed by atoms with Crippen molar-refractivity contribution in [3.63, 3.8) is 0 Å². The van der Waals surface area contributed by atoms with Crippen molar-refractivity contribution in [1.82, 2.24) is 0 Å². The molecule has 1 aromatic carbocycles. The van der Waals surface area contributed by atoms with Crippen LogP contribution in [0.2, 0.25) is 0 Å². The minimum absolute atomic E-state index is 0.651. The summed E-state index contributed by atoms with van der Waals surface area (Å²) >= 11 is 0. The van der Waals surface area contributed by atoms with Crippen LogP contribution in [-0.4, -0.2) is 6.29 Å². The number of hydrogen-bond acceptors (Lipinski definition) is 1. The van der Waals surface area contributed by atoms with Crippen LogP contribution >= 0.6 is 0 Å². The van der Waals surface area contributed by atoms with E-state index >= 15 is 0 Å². The number of allylic oxidation sites excluding steroid dienone is 2. The maximum Gasteiger partial charge on any atom is 0.146 e. The van der Waals surface area contributed by atoms with E-state index in [2.05, 4.69) is 6.58 Å². The first-order chi connectivity index (χ1) is 6.72. The van der Waals surface area contributed by atoms with Gasteiger partial charge in [-0.15, -0.1) is 0 Å². The monoisotopic (exact) mass is 186 g/mol. The van der Waals surface area contributed by atoms with E-state index in [1.54, 1.807) is 0 Å². The first-order valence-electron chi connectivity index (χ1n) is 4.57. The van der Waals surface area contributed by atoms with Crippen LogP contribution in [0.1, 0.15) is 18.9 Å². The van der Waals surface area contributed by atoms with Gasteiger partial charge in [0.25, 0.3) is 0 Å². The molecule has 0 aromatic heterocycles. The van der Waals surface area contributed by atoms with Crippen LogP contribution in [0, 0.1) is 0 Å². The summed E-state index contributed by atoms with van der Waals surface area (Å²) in [6.45, 7) is 5.70. The van der Waals surface area contributed by atoms with E-state index in [1.165, 1.54) is 0 Å². The van der Waals surface area contributed by atoms with Gasteiger partial charge in [0.05, 0.1) is 0 Å². The summed E-state index contributed by atoms with van der Waals surface area (Å²) in [5, 5.41) is 0. The van der Waals surface area contributed by atoms with Gasteiger partial charge in [0.15, 0.2) is 0 Å². The fourth-order valence-corrected chi connectivity index (χ4v) is 1.24. The molecule has 1 heteroatoms. The molecule has 72 valence electrons. The third-order valence-corrected chi connectivity index (χ3v) is 1.81. The van der Waals surface area contributed by atoms with Crippen molar-refractivity contribution >= 4 is 12.4 Å². The van der Waals surface area contributed by atoms with Crippen molar-refractivity contribution in [3.05, 3.63) is 53.6 Å². The lowest BCUT2D eigenvalue weighted by atomic mass is 10.1. The van der Waals surface area contributed by atoms with Gasteiger partial charge in [-0.2, -0.15) is 0 Å². The molecule has 0 aliphatic rings. The third-order valence-electron chi connectivity index (χ3n) is 1.81. The second-order valence-corrected chi connectivity index (χ2v) is 3.38. The van der Waals surface area contributed by atoms with Crippen LogP contribution in [0.15, 0.2) is 48.1 Å². The molecular formula is C13H14O. The lowest BCUT2D eigenvalue weighted by Crippen LogP contribution is -1.86. The van der Waals surface area contributed by atoms with Crippen LogP contribution in [0.3, 0.4) is 0 Å². The van der Waals surface area contributed by atoms with Gasteiger partial charge in [-0.3, -0.25) is 4.79 Å². The molecule has 0 N–H and O–H groups in total. The average Bonchev–Trinajstić information content (AvgIpc) is 2.17. The Balaban J connectivity index is 2.84. The molecule has 1 nitrogen and oxygen atoms in total. The van der Waals surface area contributed by atoms with Gasteiger partial charge < -0.3 is 0 Å². The topological polar surface area (TPSA) is 17.1 Å². The van der Waals surface area contributed by atoms with E-state index in [0.717, 1.165) is 23.0 Å². The highest BCUT2D eigenvalue weighted by atomic mass is 16.1. The largest absolute Gasteiger partial charge is 0.298 e. The van der Waals surface area contributed by atoms with Gasteiger partial charge in [-0.25, -0.2) is 0 Å². The zero-order chi connectivity index (χ0) is 10.4. The second-order valence-electron chi connectivity index (χ2n) is 3.38. The number of rotatable bonds is 4. The molecule has 0 saturated carbocycles. The van der Waals surface area contributed by atoms with Crippen molar-refractivity contribution < 1.29 is 4.79 Å². The minimum atomic E-state index is 0.651. The van der Waals surface area contributed by atoms with Crippen LogP contribution in [0.5, 0.6) is 0 Å². The lowest BCUT2D eigenvalue weighted by molar-refractivity contribution is -0.104. The SMILES string of the molecule is C=C(C)C/C(C=O)=C/c1ccccc1. The van der Waals surface area contributed by atoms with E-state index < -0.39 is 0 Å². The molecule has 0 aliphatic heterocycles. The number of hydrogen-bond donors (Lipinski definition) is 0. The number of benzene rings is 1. The van der Waals surface area contributed by atoms with Gasteiger partial charge in [0, 0.05) is 0 Å². The highest BCUT2D eigenvalue weighted by molar-refractivity contribution is 5.82. The Morgan fingerprint density at radius 1 is 1.36 bits per heavy atom. The maximum absolute atomic E-state index is 10.7. The van der Waals surface area contributed by atoms with E-state index in [1.807, 2.05) is 43.3 Å². The van der Waals surface area contributed by atoms with E-state index in [0.29, 0.717) is 6.42 Å². The molecule has 0 spiro atoms. The smallest absolute Gasteiger partial charge is 0.146 e. The van der Waals surface area contributed by atoms with Gasteiger partial charge in [-0.1, -0.05) is 42.5 Å². The summed E-state index contributed by atoms with van der Waals surface area (Å²) in [7, 11) is 0. The number of aldehydes is 1. The molecule has 14 heavy (non-hydrogen) atoms. The fourth-order valence-electron chi connectivity index (χ4n) is 1.24. The quantitative estimate of drug-likeness (QED) is 0.401. The lowest BCUT2D eigenvalue weighted by Gasteiger charge is -1.99. The molecule has 1 rings (SSSR count). The Morgan fingerprint density at radius 2 is 2.00 bits per heavy atom. The highest BCUT2D eigenvalue weighted by Crippen LogP contribution is 2.11. The predicted molar refractivity (Wildman–Crippen MR) is 59.9 cm³/mol. The van der Waals surface area contributed by atoms with E-state index in [4.69, 9.17) is 0 Å². The Kier molecular flexibility index (Phi) is 3.86.